The zero-order valence-electron chi connectivity index (χ0n) is 17.3. The van der Waals surface area contributed by atoms with Gasteiger partial charge in [0.1, 0.15) is 11.6 Å². The summed E-state index contributed by atoms with van der Waals surface area (Å²) in [4.78, 5) is 8.94. The average molecular weight is 405 g/mol. The summed E-state index contributed by atoms with van der Waals surface area (Å²) in [7, 11) is 1.68. The summed E-state index contributed by atoms with van der Waals surface area (Å²) in [5, 5.41) is 8.97. The topological polar surface area (TPSA) is 74.3 Å². The maximum atomic E-state index is 5.34. The average Bonchev–Trinajstić information content (AvgIpc) is 3.31. The molecule has 1 aliphatic rings. The number of ether oxygens (including phenoxy) is 1. The predicted octanol–water partition coefficient (Wildman–Crippen LogP) is 3.91. The minimum Gasteiger partial charge on any atom is -0.497 e. The highest BCUT2D eigenvalue weighted by atomic mass is 16.5. The van der Waals surface area contributed by atoms with Crippen molar-refractivity contribution in [3.63, 3.8) is 0 Å². The molecule has 0 unspecified atom stereocenters. The first-order chi connectivity index (χ1) is 14.8. The zero-order valence-corrected chi connectivity index (χ0v) is 17.3. The van der Waals surface area contributed by atoms with Gasteiger partial charge in [0, 0.05) is 38.1 Å². The molecule has 7 nitrogen and oxygen atoms in total. The molecule has 0 spiro atoms. The van der Waals surface area contributed by atoms with Crippen molar-refractivity contribution >= 4 is 17.5 Å². The standard InChI is InChI=1S/C23H28N6O/c1-30-21-9-3-7-19(17-21)18-6-2-8-20(16-18)27-23-25-13-10-22(28-23)24-11-4-14-29-15-5-12-26-29/h2-3,6-10,13,16-17,26H,4-5,11-12,14-15H2,1H3,(H2,24,25,27,28). The molecule has 0 saturated carbocycles. The lowest BCUT2D eigenvalue weighted by molar-refractivity contribution is 0.253. The lowest BCUT2D eigenvalue weighted by Gasteiger charge is -2.15. The second-order valence-electron chi connectivity index (χ2n) is 7.23. The first-order valence-electron chi connectivity index (χ1n) is 10.4. The molecule has 0 bridgehead atoms. The minimum absolute atomic E-state index is 0.573. The molecule has 3 N–H and O–H groups in total. The third kappa shape index (κ3) is 5.46. The number of benzene rings is 2. The molecule has 2 heterocycles. The molecule has 3 aromatic rings. The Morgan fingerprint density at radius 1 is 1.10 bits per heavy atom. The smallest absolute Gasteiger partial charge is 0.229 e. The fraction of sp³-hybridized carbons (Fsp3) is 0.304. The second kappa shape index (κ2) is 10.0. The molecule has 0 radical (unpaired) electrons. The van der Waals surface area contributed by atoms with Crippen molar-refractivity contribution in [1.82, 2.24) is 20.4 Å². The number of hydrogen-bond donors (Lipinski definition) is 3. The van der Waals surface area contributed by atoms with Crippen LogP contribution in [-0.2, 0) is 0 Å². The van der Waals surface area contributed by atoms with Crippen LogP contribution in [0.3, 0.4) is 0 Å². The Morgan fingerprint density at radius 2 is 1.97 bits per heavy atom. The highest BCUT2D eigenvalue weighted by Gasteiger charge is 2.09. The quantitative estimate of drug-likeness (QED) is 0.467. The SMILES string of the molecule is COc1cccc(-c2cccc(Nc3nccc(NCCCN4CCCN4)n3)c2)c1. The first-order valence-corrected chi connectivity index (χ1v) is 10.4. The van der Waals surface area contributed by atoms with Gasteiger partial charge in [-0.1, -0.05) is 24.3 Å². The Morgan fingerprint density at radius 3 is 2.80 bits per heavy atom. The van der Waals surface area contributed by atoms with Gasteiger partial charge in [0.25, 0.3) is 0 Å². The number of aromatic nitrogens is 2. The molecule has 2 aromatic carbocycles. The summed E-state index contributed by atoms with van der Waals surface area (Å²) in [5.74, 6) is 2.24. The molecule has 7 heteroatoms. The number of nitrogens with zero attached hydrogens (tertiary/aromatic N) is 3. The van der Waals surface area contributed by atoms with E-state index in [9.17, 15) is 0 Å². The molecule has 4 rings (SSSR count). The lowest BCUT2D eigenvalue weighted by Crippen LogP contribution is -2.32. The van der Waals surface area contributed by atoms with Crippen LogP contribution in [0, 0.1) is 0 Å². The summed E-state index contributed by atoms with van der Waals surface area (Å²) >= 11 is 0. The van der Waals surface area contributed by atoms with Gasteiger partial charge >= 0.3 is 0 Å². The molecule has 0 amide bonds. The number of rotatable bonds is 9. The highest BCUT2D eigenvalue weighted by molar-refractivity contribution is 5.70. The molecule has 1 saturated heterocycles. The summed E-state index contributed by atoms with van der Waals surface area (Å²) in [6, 6.07) is 18.1. The van der Waals surface area contributed by atoms with Gasteiger partial charge in [0.2, 0.25) is 5.95 Å². The molecular weight excluding hydrogens is 376 g/mol. The maximum Gasteiger partial charge on any atom is 0.229 e. The van der Waals surface area contributed by atoms with E-state index in [1.807, 2.05) is 36.4 Å². The summed E-state index contributed by atoms with van der Waals surface area (Å²) in [5.41, 5.74) is 6.51. The van der Waals surface area contributed by atoms with Crippen LogP contribution in [0.2, 0.25) is 0 Å². The van der Waals surface area contributed by atoms with E-state index in [4.69, 9.17) is 4.74 Å². The fourth-order valence-electron chi connectivity index (χ4n) is 3.49. The Kier molecular flexibility index (Phi) is 6.74. The van der Waals surface area contributed by atoms with E-state index in [-0.39, 0.29) is 0 Å². The Bertz CT molecular complexity index is 958. The summed E-state index contributed by atoms with van der Waals surface area (Å²) in [6.45, 7) is 4.14. The van der Waals surface area contributed by atoms with Gasteiger partial charge in [-0.25, -0.2) is 9.99 Å². The van der Waals surface area contributed by atoms with Gasteiger partial charge < -0.3 is 15.4 Å². The summed E-state index contributed by atoms with van der Waals surface area (Å²) < 4.78 is 5.34. The van der Waals surface area contributed by atoms with Gasteiger partial charge in [-0.3, -0.25) is 5.43 Å². The monoisotopic (exact) mass is 404 g/mol. The zero-order chi connectivity index (χ0) is 20.6. The molecule has 1 fully saturated rings. The molecule has 30 heavy (non-hydrogen) atoms. The lowest BCUT2D eigenvalue weighted by atomic mass is 10.0. The second-order valence-corrected chi connectivity index (χ2v) is 7.23. The summed E-state index contributed by atoms with van der Waals surface area (Å²) in [6.07, 6.45) is 4.06. The van der Waals surface area contributed by atoms with Crippen LogP contribution in [0.5, 0.6) is 5.75 Å². The van der Waals surface area contributed by atoms with Crippen LogP contribution in [0.1, 0.15) is 12.8 Å². The normalized spacial score (nSPS) is 13.9. The van der Waals surface area contributed by atoms with E-state index in [0.717, 1.165) is 61.0 Å². The van der Waals surface area contributed by atoms with E-state index < -0.39 is 0 Å². The number of anilines is 3. The molecular formula is C23H28N6O. The van der Waals surface area contributed by atoms with Crippen LogP contribution in [0.25, 0.3) is 11.1 Å². The Labute approximate surface area is 177 Å². The number of hydrazine groups is 1. The van der Waals surface area contributed by atoms with Crippen molar-refractivity contribution in [3.8, 4) is 16.9 Å². The van der Waals surface area contributed by atoms with Crippen LogP contribution in [0.15, 0.2) is 60.8 Å². The van der Waals surface area contributed by atoms with Crippen molar-refractivity contribution in [2.45, 2.75) is 12.8 Å². The third-order valence-corrected chi connectivity index (χ3v) is 5.03. The minimum atomic E-state index is 0.573. The third-order valence-electron chi connectivity index (χ3n) is 5.03. The van der Waals surface area contributed by atoms with E-state index in [2.05, 4.69) is 49.2 Å². The molecule has 1 aromatic heterocycles. The van der Waals surface area contributed by atoms with Gasteiger partial charge in [-0.05, 0) is 54.3 Å². The highest BCUT2D eigenvalue weighted by Crippen LogP contribution is 2.26. The molecule has 156 valence electrons. The van der Waals surface area contributed by atoms with Crippen molar-refractivity contribution < 1.29 is 4.74 Å². The Balaban J connectivity index is 1.36. The maximum absolute atomic E-state index is 5.34. The van der Waals surface area contributed by atoms with Crippen molar-refractivity contribution in [1.29, 1.82) is 0 Å². The van der Waals surface area contributed by atoms with Crippen LogP contribution in [0.4, 0.5) is 17.5 Å². The van der Waals surface area contributed by atoms with E-state index in [1.165, 1.54) is 6.42 Å². The van der Waals surface area contributed by atoms with Crippen LogP contribution in [-0.4, -0.2) is 48.3 Å². The van der Waals surface area contributed by atoms with Gasteiger partial charge in [-0.2, -0.15) is 4.98 Å². The van der Waals surface area contributed by atoms with E-state index in [0.29, 0.717) is 5.95 Å². The largest absolute Gasteiger partial charge is 0.497 e. The number of hydrogen-bond acceptors (Lipinski definition) is 7. The van der Waals surface area contributed by atoms with Crippen LogP contribution < -0.4 is 20.8 Å². The predicted molar refractivity (Wildman–Crippen MR) is 121 cm³/mol. The number of methoxy groups -OCH3 is 1. The molecule has 1 aliphatic heterocycles. The molecule has 0 atom stereocenters. The fourth-order valence-corrected chi connectivity index (χ4v) is 3.49. The van der Waals surface area contributed by atoms with Gasteiger partial charge in [-0.15, -0.1) is 0 Å². The first kappa shape index (κ1) is 20.1. The van der Waals surface area contributed by atoms with E-state index >= 15 is 0 Å². The van der Waals surface area contributed by atoms with Crippen LogP contribution >= 0.6 is 0 Å². The number of nitrogens with one attached hydrogen (secondary N) is 3. The van der Waals surface area contributed by atoms with Crippen molar-refractivity contribution in [3.05, 3.63) is 60.8 Å². The Hall–Kier alpha value is -3.16. The van der Waals surface area contributed by atoms with Crippen molar-refractivity contribution in [2.24, 2.45) is 0 Å². The van der Waals surface area contributed by atoms with Gasteiger partial charge in [0.05, 0.1) is 7.11 Å². The molecule has 0 aliphatic carbocycles. The van der Waals surface area contributed by atoms with Crippen molar-refractivity contribution in [2.75, 3.05) is 43.9 Å². The van der Waals surface area contributed by atoms with E-state index in [1.54, 1.807) is 13.3 Å². The van der Waals surface area contributed by atoms with Gasteiger partial charge in [0.15, 0.2) is 0 Å².